The molecule has 0 aliphatic rings. The number of hydrogen-bond donors (Lipinski definition) is 1. The normalized spacial score (nSPS) is 13.6. The molecule has 1 aromatic heterocycles. The van der Waals surface area contributed by atoms with Gasteiger partial charge in [-0.15, -0.1) is 0 Å². The van der Waals surface area contributed by atoms with E-state index in [-0.39, 0.29) is 6.04 Å². The van der Waals surface area contributed by atoms with Gasteiger partial charge in [0, 0.05) is 6.42 Å². The zero-order valence-electron chi connectivity index (χ0n) is 17.9. The van der Waals surface area contributed by atoms with Gasteiger partial charge in [-0.3, -0.25) is 0 Å². The topological polar surface area (TPSA) is 50.9 Å². The predicted molar refractivity (Wildman–Crippen MR) is 120 cm³/mol. The highest BCUT2D eigenvalue weighted by molar-refractivity contribution is 5.73. The molecule has 0 bridgehead atoms. The van der Waals surface area contributed by atoms with Gasteiger partial charge >= 0.3 is 0 Å². The van der Waals surface area contributed by atoms with E-state index in [0.717, 1.165) is 29.4 Å². The fraction of sp³-hybridized carbons (Fsp3) is 0.520. The summed E-state index contributed by atoms with van der Waals surface area (Å²) in [5.74, 6) is 0.962. The first-order valence-corrected chi connectivity index (χ1v) is 11.3. The zero-order valence-corrected chi connectivity index (χ0v) is 17.9. The Hall–Kier alpha value is -2.36. The third-order valence-electron chi connectivity index (χ3n) is 5.80. The molecule has 2 unspecified atom stereocenters. The summed E-state index contributed by atoms with van der Waals surface area (Å²) in [6.07, 6.45) is 11.0. The summed E-state index contributed by atoms with van der Waals surface area (Å²) in [5, 5.41) is 19.8. The maximum absolute atomic E-state index is 10.3. The van der Waals surface area contributed by atoms with Crippen molar-refractivity contribution in [1.82, 2.24) is 15.0 Å². The van der Waals surface area contributed by atoms with Crippen molar-refractivity contribution >= 4 is 11.0 Å². The second-order valence-electron chi connectivity index (χ2n) is 8.39. The van der Waals surface area contributed by atoms with Gasteiger partial charge in [0.1, 0.15) is 16.8 Å². The van der Waals surface area contributed by atoms with Crippen LogP contribution in [0.1, 0.15) is 76.8 Å². The summed E-state index contributed by atoms with van der Waals surface area (Å²) in [4.78, 5) is 1.88. The number of fused-ring (bicyclic) bond motifs is 1. The van der Waals surface area contributed by atoms with Crippen LogP contribution in [0.4, 0.5) is 0 Å². The highest BCUT2D eigenvalue weighted by Gasteiger charge is 2.20. The van der Waals surface area contributed by atoms with E-state index >= 15 is 0 Å². The molecule has 3 aromatic rings. The molecule has 4 nitrogen and oxygen atoms in total. The van der Waals surface area contributed by atoms with E-state index in [2.05, 4.69) is 13.8 Å². The fourth-order valence-corrected chi connectivity index (χ4v) is 4.09. The molecule has 0 saturated carbocycles. The number of aromatic nitrogens is 3. The van der Waals surface area contributed by atoms with Crippen LogP contribution in [-0.2, 0) is 6.42 Å². The largest absolute Gasteiger partial charge is 0.508 e. The van der Waals surface area contributed by atoms with Gasteiger partial charge in [-0.2, -0.15) is 15.0 Å². The Morgan fingerprint density at radius 3 is 2.17 bits per heavy atom. The number of aromatic hydroxyl groups is 1. The van der Waals surface area contributed by atoms with Crippen molar-refractivity contribution in [3.8, 4) is 5.75 Å². The summed E-state index contributed by atoms with van der Waals surface area (Å²) >= 11 is 0. The number of hydrogen-bond acceptors (Lipinski definition) is 3. The number of phenols is 1. The smallest absolute Gasteiger partial charge is 0.118 e. The van der Waals surface area contributed by atoms with Crippen LogP contribution < -0.4 is 0 Å². The molecule has 4 heteroatoms. The lowest BCUT2D eigenvalue weighted by atomic mass is 9.92. The number of nitrogens with zero attached hydrogens (tertiary/aromatic N) is 3. The van der Waals surface area contributed by atoms with Crippen LogP contribution in [0.5, 0.6) is 5.75 Å². The quantitative estimate of drug-likeness (QED) is 0.348. The molecule has 0 spiro atoms. The van der Waals surface area contributed by atoms with Crippen molar-refractivity contribution in [3.05, 3.63) is 54.1 Å². The van der Waals surface area contributed by atoms with E-state index in [0.29, 0.717) is 11.7 Å². The van der Waals surface area contributed by atoms with Crippen LogP contribution in [-0.4, -0.2) is 20.1 Å². The maximum Gasteiger partial charge on any atom is 0.118 e. The Morgan fingerprint density at radius 2 is 1.48 bits per heavy atom. The minimum absolute atomic E-state index is 0.144. The van der Waals surface area contributed by atoms with Crippen LogP contribution in [0.15, 0.2) is 48.5 Å². The first-order valence-electron chi connectivity index (χ1n) is 11.3. The second-order valence-corrected chi connectivity index (χ2v) is 8.39. The van der Waals surface area contributed by atoms with Crippen molar-refractivity contribution in [2.24, 2.45) is 5.92 Å². The van der Waals surface area contributed by atoms with Crippen LogP contribution >= 0.6 is 0 Å². The molecule has 1 N–H and O–H groups in total. The number of unbranched alkanes of at least 4 members (excludes halogenated alkanes) is 5. The highest BCUT2D eigenvalue weighted by Crippen LogP contribution is 2.28. The van der Waals surface area contributed by atoms with Crippen LogP contribution in [0.2, 0.25) is 0 Å². The molecule has 2 aromatic carbocycles. The van der Waals surface area contributed by atoms with Gasteiger partial charge in [0.25, 0.3) is 0 Å². The second kappa shape index (κ2) is 11.0. The number of benzene rings is 2. The van der Waals surface area contributed by atoms with Gasteiger partial charge in [-0.1, -0.05) is 89.1 Å². The molecule has 0 fully saturated rings. The minimum Gasteiger partial charge on any atom is -0.508 e. The van der Waals surface area contributed by atoms with Crippen LogP contribution in [0.3, 0.4) is 0 Å². The summed E-state index contributed by atoms with van der Waals surface area (Å²) in [7, 11) is 0. The minimum atomic E-state index is 0.144. The summed E-state index contributed by atoms with van der Waals surface area (Å²) in [6, 6.07) is 15.8. The van der Waals surface area contributed by atoms with Crippen molar-refractivity contribution in [3.63, 3.8) is 0 Å². The molecule has 156 valence electrons. The molecule has 0 aliphatic heterocycles. The Bertz CT molecular complexity index is 840. The average molecular weight is 394 g/mol. The number of rotatable bonds is 12. The molecule has 1 heterocycles. The van der Waals surface area contributed by atoms with Crippen LogP contribution in [0, 0.1) is 5.92 Å². The van der Waals surface area contributed by atoms with Crippen molar-refractivity contribution in [2.45, 2.75) is 77.7 Å². The Balaban J connectivity index is 1.66. The lowest BCUT2D eigenvalue weighted by Gasteiger charge is -2.21. The molecule has 0 radical (unpaired) electrons. The molecule has 3 rings (SSSR count). The number of phenolic OH excluding ortho intramolecular Hbond substituents is 1. The summed E-state index contributed by atoms with van der Waals surface area (Å²) in [5.41, 5.74) is 2.82. The van der Waals surface area contributed by atoms with E-state index < -0.39 is 0 Å². The van der Waals surface area contributed by atoms with Gasteiger partial charge in [0.15, 0.2) is 0 Å². The molecule has 0 saturated heterocycles. The monoisotopic (exact) mass is 393 g/mol. The van der Waals surface area contributed by atoms with E-state index in [1.807, 2.05) is 47.3 Å². The van der Waals surface area contributed by atoms with E-state index in [1.165, 1.54) is 44.9 Å². The average Bonchev–Trinajstić information content (AvgIpc) is 3.16. The SMILES string of the molecule is CCCCCCCCC(C)CC(Cc1ccccc1O)n1nc2ccccc2n1. The predicted octanol–water partition coefficient (Wildman–Crippen LogP) is 6.70. The van der Waals surface area contributed by atoms with Gasteiger partial charge < -0.3 is 5.11 Å². The molecular formula is C25H35N3O. The van der Waals surface area contributed by atoms with Gasteiger partial charge in [-0.05, 0) is 36.1 Å². The number of para-hydroxylation sites is 1. The Kier molecular flexibility index (Phi) is 8.09. The van der Waals surface area contributed by atoms with Gasteiger partial charge in [0.2, 0.25) is 0 Å². The fourth-order valence-electron chi connectivity index (χ4n) is 4.09. The van der Waals surface area contributed by atoms with Crippen molar-refractivity contribution in [2.75, 3.05) is 0 Å². The van der Waals surface area contributed by atoms with E-state index in [1.54, 1.807) is 6.07 Å². The highest BCUT2D eigenvalue weighted by atomic mass is 16.3. The molecule has 0 aliphatic carbocycles. The van der Waals surface area contributed by atoms with E-state index in [9.17, 15) is 5.11 Å². The summed E-state index contributed by atoms with van der Waals surface area (Å²) in [6.45, 7) is 4.60. The van der Waals surface area contributed by atoms with Gasteiger partial charge in [0.05, 0.1) is 6.04 Å². The summed E-state index contributed by atoms with van der Waals surface area (Å²) < 4.78 is 0. The van der Waals surface area contributed by atoms with Gasteiger partial charge in [-0.25, -0.2) is 0 Å². The first kappa shape index (κ1) is 21.4. The van der Waals surface area contributed by atoms with Crippen molar-refractivity contribution in [1.29, 1.82) is 0 Å². The lowest BCUT2D eigenvalue weighted by molar-refractivity contribution is 0.311. The van der Waals surface area contributed by atoms with E-state index in [4.69, 9.17) is 10.2 Å². The maximum atomic E-state index is 10.3. The lowest BCUT2D eigenvalue weighted by Crippen LogP contribution is -2.18. The van der Waals surface area contributed by atoms with Crippen LogP contribution in [0.25, 0.3) is 11.0 Å². The standard InChI is InChI=1S/C25H35N3O/c1-3-4-5-6-7-8-13-20(2)18-22(19-21-14-9-12-17-25(21)29)28-26-23-15-10-11-16-24(23)27-28/h9-12,14-17,20,22,29H,3-8,13,18-19H2,1-2H3. The molecule has 29 heavy (non-hydrogen) atoms. The third-order valence-corrected chi connectivity index (χ3v) is 5.80. The third kappa shape index (κ3) is 6.31. The first-order chi connectivity index (χ1) is 14.2. The Morgan fingerprint density at radius 1 is 0.862 bits per heavy atom. The molecular weight excluding hydrogens is 358 g/mol. The molecule has 0 amide bonds. The molecule has 2 atom stereocenters. The van der Waals surface area contributed by atoms with Crippen molar-refractivity contribution < 1.29 is 5.11 Å². The zero-order chi connectivity index (χ0) is 20.5. The Labute approximate surface area is 175 Å².